The van der Waals surface area contributed by atoms with Crippen molar-refractivity contribution in [1.29, 1.82) is 0 Å². The molecule has 0 aliphatic carbocycles. The Bertz CT molecular complexity index is 357. The van der Waals surface area contributed by atoms with E-state index >= 15 is 0 Å². The Morgan fingerprint density at radius 1 is 1.50 bits per heavy atom. The molecule has 2 N–H and O–H groups in total. The zero-order valence-electron chi connectivity index (χ0n) is 9.78. The summed E-state index contributed by atoms with van der Waals surface area (Å²) in [6.07, 6.45) is 0.775. The van der Waals surface area contributed by atoms with Crippen molar-refractivity contribution in [3.05, 3.63) is 5.82 Å². The Hall–Kier alpha value is -1.17. The Morgan fingerprint density at radius 3 is 2.69 bits per heavy atom. The number of carbonyl (C=O) groups is 1. The lowest BCUT2D eigenvalue weighted by molar-refractivity contribution is -0.137. The van der Waals surface area contributed by atoms with Crippen LogP contribution in [0.15, 0.2) is 0 Å². The molecule has 0 spiro atoms. The van der Waals surface area contributed by atoms with Crippen LogP contribution in [0.3, 0.4) is 0 Å². The Kier molecular flexibility index (Phi) is 4.23. The van der Waals surface area contributed by atoms with E-state index in [2.05, 4.69) is 35.4 Å². The van der Waals surface area contributed by atoms with Crippen LogP contribution in [0, 0.1) is 0 Å². The van der Waals surface area contributed by atoms with Crippen LogP contribution in [0.4, 0.5) is 5.13 Å². The van der Waals surface area contributed by atoms with E-state index in [1.807, 2.05) is 0 Å². The monoisotopic (exact) mass is 243 g/mol. The van der Waals surface area contributed by atoms with Gasteiger partial charge in [0.25, 0.3) is 0 Å². The number of nitrogens with one attached hydrogen (secondary N) is 1. The zero-order valence-corrected chi connectivity index (χ0v) is 10.6. The summed E-state index contributed by atoms with van der Waals surface area (Å²) in [4.78, 5) is 14.6. The van der Waals surface area contributed by atoms with Gasteiger partial charge in [0, 0.05) is 29.9 Å². The molecule has 0 amide bonds. The topological polar surface area (TPSA) is 75.1 Å². The average molecular weight is 243 g/mol. The zero-order chi connectivity index (χ0) is 12.2. The predicted octanol–water partition coefficient (Wildman–Crippen LogP) is 2.11. The lowest BCUT2D eigenvalue weighted by Gasteiger charge is -2.12. The molecule has 0 fully saturated rings. The molecule has 1 aromatic heterocycles. The van der Waals surface area contributed by atoms with Crippen LogP contribution < -0.4 is 5.32 Å². The maximum absolute atomic E-state index is 10.3. The summed E-state index contributed by atoms with van der Waals surface area (Å²) in [6.45, 7) is 6.79. The van der Waals surface area contributed by atoms with E-state index in [0.717, 1.165) is 11.0 Å². The number of hydrogen-bond acceptors (Lipinski definition) is 5. The number of anilines is 1. The molecular weight excluding hydrogens is 226 g/mol. The third-order valence-corrected chi connectivity index (χ3v) is 2.61. The van der Waals surface area contributed by atoms with Crippen LogP contribution in [-0.2, 0) is 10.2 Å². The largest absolute Gasteiger partial charge is 0.481 e. The van der Waals surface area contributed by atoms with E-state index < -0.39 is 5.97 Å². The summed E-state index contributed by atoms with van der Waals surface area (Å²) >= 11 is 1.32. The molecular formula is C10H17N3O2S. The summed E-state index contributed by atoms with van der Waals surface area (Å²) in [6, 6.07) is 0. The molecule has 6 heteroatoms. The predicted molar refractivity (Wildman–Crippen MR) is 64.0 cm³/mol. The smallest absolute Gasteiger partial charge is 0.303 e. The maximum atomic E-state index is 10.3. The van der Waals surface area contributed by atoms with Crippen LogP contribution in [0.1, 0.15) is 39.4 Å². The molecule has 0 atom stereocenters. The van der Waals surface area contributed by atoms with Gasteiger partial charge >= 0.3 is 5.97 Å². The highest BCUT2D eigenvalue weighted by Crippen LogP contribution is 2.22. The number of hydrogen-bond donors (Lipinski definition) is 2. The molecule has 1 rings (SSSR count). The number of carboxylic acids is 1. The minimum Gasteiger partial charge on any atom is -0.481 e. The van der Waals surface area contributed by atoms with Gasteiger partial charge in [0.05, 0.1) is 0 Å². The molecule has 1 heterocycles. The summed E-state index contributed by atoms with van der Waals surface area (Å²) in [5.74, 6) is 0.0488. The number of nitrogens with zero attached hydrogens (tertiary/aromatic N) is 2. The Labute approximate surface area is 99.1 Å². The fourth-order valence-corrected chi connectivity index (χ4v) is 1.82. The molecule has 0 saturated heterocycles. The molecule has 5 nitrogen and oxygen atoms in total. The summed E-state index contributed by atoms with van der Waals surface area (Å²) in [5.41, 5.74) is -0.0442. The second-order valence-corrected chi connectivity index (χ2v) is 5.35. The summed E-state index contributed by atoms with van der Waals surface area (Å²) in [7, 11) is 0. The van der Waals surface area contributed by atoms with Gasteiger partial charge in [-0.25, -0.2) is 4.98 Å². The van der Waals surface area contributed by atoms with Crippen LogP contribution >= 0.6 is 11.5 Å². The lowest BCUT2D eigenvalue weighted by Crippen LogP contribution is -2.13. The van der Waals surface area contributed by atoms with Gasteiger partial charge in [-0.15, -0.1) is 0 Å². The molecule has 90 valence electrons. The van der Waals surface area contributed by atoms with Gasteiger partial charge in [-0.1, -0.05) is 20.8 Å². The van der Waals surface area contributed by atoms with Crippen molar-refractivity contribution in [1.82, 2.24) is 9.36 Å². The van der Waals surface area contributed by atoms with Gasteiger partial charge in [-0.2, -0.15) is 4.37 Å². The van der Waals surface area contributed by atoms with Gasteiger partial charge in [-0.05, 0) is 6.42 Å². The van der Waals surface area contributed by atoms with Crippen LogP contribution in [0.5, 0.6) is 0 Å². The molecule has 16 heavy (non-hydrogen) atoms. The van der Waals surface area contributed by atoms with Crippen LogP contribution in [0.2, 0.25) is 0 Å². The third-order valence-electron chi connectivity index (χ3n) is 1.94. The van der Waals surface area contributed by atoms with E-state index in [1.54, 1.807) is 0 Å². The third kappa shape index (κ3) is 4.14. The highest BCUT2D eigenvalue weighted by atomic mass is 32.1. The van der Waals surface area contributed by atoms with E-state index in [0.29, 0.717) is 13.0 Å². The molecule has 0 aromatic carbocycles. The van der Waals surface area contributed by atoms with Crippen molar-refractivity contribution < 1.29 is 9.90 Å². The van der Waals surface area contributed by atoms with Gasteiger partial charge in [0.15, 0.2) is 0 Å². The Balaban J connectivity index is 2.38. The molecule has 0 aliphatic heterocycles. The number of rotatable bonds is 5. The standard InChI is InChI=1S/C10H17N3O2S/c1-10(2,3)8-12-9(16-13-8)11-6-4-5-7(14)15/h4-6H2,1-3H3,(H,14,15)(H,11,12,13). The van der Waals surface area contributed by atoms with Crippen molar-refractivity contribution in [3.63, 3.8) is 0 Å². The molecule has 0 bridgehead atoms. The number of aliphatic carboxylic acids is 1. The number of aromatic nitrogens is 2. The van der Waals surface area contributed by atoms with E-state index in [4.69, 9.17) is 5.11 Å². The fourth-order valence-electron chi connectivity index (χ4n) is 1.03. The fraction of sp³-hybridized carbons (Fsp3) is 0.700. The minimum absolute atomic E-state index is 0.0442. The first kappa shape index (κ1) is 12.9. The van der Waals surface area contributed by atoms with Gasteiger partial charge < -0.3 is 10.4 Å². The SMILES string of the molecule is CC(C)(C)c1nsc(NCCCC(=O)O)n1. The second kappa shape index (κ2) is 5.25. The summed E-state index contributed by atoms with van der Waals surface area (Å²) in [5, 5.41) is 12.3. The molecule has 0 saturated carbocycles. The first-order valence-corrected chi connectivity index (χ1v) is 5.97. The second-order valence-electron chi connectivity index (χ2n) is 4.60. The van der Waals surface area contributed by atoms with Gasteiger partial charge in [0.2, 0.25) is 5.13 Å². The van der Waals surface area contributed by atoms with Crippen molar-refractivity contribution >= 4 is 22.6 Å². The highest BCUT2D eigenvalue weighted by molar-refractivity contribution is 7.09. The van der Waals surface area contributed by atoms with Crippen LogP contribution in [-0.4, -0.2) is 27.0 Å². The van der Waals surface area contributed by atoms with Crippen molar-refractivity contribution in [2.24, 2.45) is 0 Å². The molecule has 0 unspecified atom stereocenters. The average Bonchev–Trinajstić information content (AvgIpc) is 2.59. The quantitative estimate of drug-likeness (QED) is 0.775. The van der Waals surface area contributed by atoms with Gasteiger partial charge in [0.1, 0.15) is 5.82 Å². The first-order valence-electron chi connectivity index (χ1n) is 5.19. The molecule has 0 aliphatic rings. The van der Waals surface area contributed by atoms with Crippen LogP contribution in [0.25, 0.3) is 0 Å². The minimum atomic E-state index is -0.769. The van der Waals surface area contributed by atoms with E-state index in [1.165, 1.54) is 11.5 Å². The van der Waals surface area contributed by atoms with Crippen molar-refractivity contribution in [2.45, 2.75) is 39.0 Å². The lowest BCUT2D eigenvalue weighted by atomic mass is 9.96. The normalized spacial score (nSPS) is 11.4. The molecule has 1 aromatic rings. The van der Waals surface area contributed by atoms with Gasteiger partial charge in [-0.3, -0.25) is 4.79 Å². The van der Waals surface area contributed by atoms with Crippen molar-refractivity contribution in [2.75, 3.05) is 11.9 Å². The Morgan fingerprint density at radius 2 is 2.19 bits per heavy atom. The summed E-state index contributed by atoms with van der Waals surface area (Å²) < 4.78 is 4.25. The van der Waals surface area contributed by atoms with E-state index in [9.17, 15) is 4.79 Å². The first-order chi connectivity index (χ1) is 7.39. The van der Waals surface area contributed by atoms with Crippen molar-refractivity contribution in [3.8, 4) is 0 Å². The highest BCUT2D eigenvalue weighted by Gasteiger charge is 2.19. The van der Waals surface area contributed by atoms with E-state index in [-0.39, 0.29) is 11.8 Å². The number of carboxylic acid groups (broad SMARTS) is 1. The molecule has 0 radical (unpaired) electrons. The maximum Gasteiger partial charge on any atom is 0.303 e.